The summed E-state index contributed by atoms with van der Waals surface area (Å²) in [5.41, 5.74) is 1.28. The SMILES string of the molecule is CCCN(CC(=O)Nc1ccc(NC(C)=O)cc1)C(C)=O. The van der Waals surface area contributed by atoms with Gasteiger partial charge >= 0.3 is 0 Å². The van der Waals surface area contributed by atoms with E-state index in [0.29, 0.717) is 17.9 Å². The van der Waals surface area contributed by atoms with E-state index in [1.54, 1.807) is 24.3 Å². The average Bonchev–Trinajstić information content (AvgIpc) is 2.40. The van der Waals surface area contributed by atoms with E-state index in [9.17, 15) is 14.4 Å². The molecule has 0 heterocycles. The average molecular weight is 291 g/mol. The van der Waals surface area contributed by atoms with Crippen LogP contribution in [0.3, 0.4) is 0 Å². The number of carbonyl (C=O) groups is 3. The normalized spacial score (nSPS) is 9.86. The van der Waals surface area contributed by atoms with Gasteiger partial charge in [0.2, 0.25) is 17.7 Å². The van der Waals surface area contributed by atoms with Crippen LogP contribution in [-0.4, -0.2) is 35.7 Å². The summed E-state index contributed by atoms with van der Waals surface area (Å²) in [6.07, 6.45) is 0.804. The molecule has 3 amide bonds. The third-order valence-corrected chi connectivity index (χ3v) is 2.76. The number of amides is 3. The second kappa shape index (κ2) is 8.04. The molecule has 6 heteroatoms. The topological polar surface area (TPSA) is 78.5 Å². The third kappa shape index (κ3) is 6.07. The van der Waals surface area contributed by atoms with Crippen molar-refractivity contribution in [1.29, 1.82) is 0 Å². The molecule has 6 nitrogen and oxygen atoms in total. The Morgan fingerprint density at radius 1 is 1.00 bits per heavy atom. The zero-order valence-electron chi connectivity index (χ0n) is 12.6. The molecule has 1 rings (SSSR count). The molecule has 114 valence electrons. The van der Waals surface area contributed by atoms with Gasteiger partial charge in [-0.25, -0.2) is 0 Å². The van der Waals surface area contributed by atoms with Crippen LogP contribution in [0.1, 0.15) is 27.2 Å². The van der Waals surface area contributed by atoms with Crippen LogP contribution in [0.5, 0.6) is 0 Å². The second-order valence-corrected chi connectivity index (χ2v) is 4.75. The van der Waals surface area contributed by atoms with Gasteiger partial charge in [0, 0.05) is 31.8 Å². The fourth-order valence-corrected chi connectivity index (χ4v) is 1.83. The Hall–Kier alpha value is -2.37. The Morgan fingerprint density at radius 3 is 1.95 bits per heavy atom. The van der Waals surface area contributed by atoms with Gasteiger partial charge in [-0.1, -0.05) is 6.92 Å². The summed E-state index contributed by atoms with van der Waals surface area (Å²) in [5.74, 6) is -0.512. The smallest absolute Gasteiger partial charge is 0.243 e. The van der Waals surface area contributed by atoms with Gasteiger partial charge in [-0.3, -0.25) is 14.4 Å². The summed E-state index contributed by atoms with van der Waals surface area (Å²) in [6, 6.07) is 6.79. The maximum atomic E-state index is 11.9. The molecule has 1 aromatic rings. The lowest BCUT2D eigenvalue weighted by Crippen LogP contribution is -2.37. The minimum absolute atomic E-state index is 0.0383. The van der Waals surface area contributed by atoms with Crippen molar-refractivity contribution in [1.82, 2.24) is 4.90 Å². The molecular weight excluding hydrogens is 270 g/mol. The lowest BCUT2D eigenvalue weighted by molar-refractivity contribution is -0.132. The first-order chi connectivity index (χ1) is 9.92. The maximum absolute atomic E-state index is 11.9. The van der Waals surface area contributed by atoms with Crippen molar-refractivity contribution < 1.29 is 14.4 Å². The molecule has 1 aromatic carbocycles. The van der Waals surface area contributed by atoms with E-state index in [1.165, 1.54) is 18.7 Å². The third-order valence-electron chi connectivity index (χ3n) is 2.76. The van der Waals surface area contributed by atoms with Crippen LogP contribution < -0.4 is 10.6 Å². The van der Waals surface area contributed by atoms with Gasteiger partial charge in [0.25, 0.3) is 0 Å². The minimum atomic E-state index is -0.245. The lowest BCUT2D eigenvalue weighted by atomic mass is 10.2. The predicted octanol–water partition coefficient (Wildman–Crippen LogP) is 1.84. The molecule has 0 saturated carbocycles. The summed E-state index contributed by atoms with van der Waals surface area (Å²) in [4.78, 5) is 35.7. The second-order valence-electron chi connectivity index (χ2n) is 4.75. The number of hydrogen-bond donors (Lipinski definition) is 2. The first-order valence-electron chi connectivity index (χ1n) is 6.85. The molecule has 0 radical (unpaired) electrons. The van der Waals surface area contributed by atoms with Gasteiger partial charge in [0.1, 0.15) is 0 Å². The van der Waals surface area contributed by atoms with Crippen molar-refractivity contribution in [2.45, 2.75) is 27.2 Å². The molecule has 0 unspecified atom stereocenters. The van der Waals surface area contributed by atoms with Gasteiger partial charge in [0.05, 0.1) is 6.54 Å². The molecule has 0 saturated heterocycles. The van der Waals surface area contributed by atoms with E-state index < -0.39 is 0 Å². The van der Waals surface area contributed by atoms with Gasteiger partial charge in [-0.2, -0.15) is 0 Å². The molecule has 0 aliphatic rings. The molecule has 0 aliphatic carbocycles. The van der Waals surface area contributed by atoms with Crippen molar-refractivity contribution in [3.8, 4) is 0 Å². The monoisotopic (exact) mass is 291 g/mol. The maximum Gasteiger partial charge on any atom is 0.243 e. The highest BCUT2D eigenvalue weighted by atomic mass is 16.2. The molecule has 2 N–H and O–H groups in total. The van der Waals surface area contributed by atoms with E-state index in [-0.39, 0.29) is 24.3 Å². The molecule has 0 bridgehead atoms. The van der Waals surface area contributed by atoms with Crippen LogP contribution in [0.4, 0.5) is 11.4 Å². The highest BCUT2D eigenvalue weighted by Crippen LogP contribution is 2.13. The van der Waals surface area contributed by atoms with Crippen LogP contribution >= 0.6 is 0 Å². The Kier molecular flexibility index (Phi) is 6.39. The number of carbonyl (C=O) groups excluding carboxylic acids is 3. The van der Waals surface area contributed by atoms with E-state index in [2.05, 4.69) is 10.6 Å². The molecule has 0 atom stereocenters. The number of rotatable bonds is 6. The van der Waals surface area contributed by atoms with Gasteiger partial charge in [-0.05, 0) is 30.7 Å². The predicted molar refractivity (Wildman–Crippen MR) is 81.9 cm³/mol. The van der Waals surface area contributed by atoms with E-state index in [0.717, 1.165) is 6.42 Å². The molecule has 21 heavy (non-hydrogen) atoms. The summed E-state index contributed by atoms with van der Waals surface area (Å²) in [7, 11) is 0. The van der Waals surface area contributed by atoms with Crippen molar-refractivity contribution >= 4 is 29.1 Å². The zero-order valence-corrected chi connectivity index (χ0v) is 12.6. The first kappa shape index (κ1) is 16.7. The minimum Gasteiger partial charge on any atom is -0.334 e. The number of nitrogens with zero attached hydrogens (tertiary/aromatic N) is 1. The van der Waals surface area contributed by atoms with Crippen LogP contribution in [0.2, 0.25) is 0 Å². The molecular formula is C15H21N3O3. The number of benzene rings is 1. The Morgan fingerprint density at radius 2 is 1.52 bits per heavy atom. The highest BCUT2D eigenvalue weighted by Gasteiger charge is 2.12. The van der Waals surface area contributed by atoms with E-state index in [4.69, 9.17) is 0 Å². The highest BCUT2D eigenvalue weighted by molar-refractivity contribution is 5.95. The summed E-state index contributed by atoms with van der Waals surface area (Å²) in [6.45, 7) is 5.43. The molecule has 0 spiro atoms. The fraction of sp³-hybridized carbons (Fsp3) is 0.400. The number of anilines is 2. The fourth-order valence-electron chi connectivity index (χ4n) is 1.83. The van der Waals surface area contributed by atoms with Crippen molar-refractivity contribution in [3.05, 3.63) is 24.3 Å². The lowest BCUT2D eigenvalue weighted by Gasteiger charge is -2.19. The van der Waals surface area contributed by atoms with Gasteiger partial charge in [-0.15, -0.1) is 0 Å². The van der Waals surface area contributed by atoms with Gasteiger partial charge < -0.3 is 15.5 Å². The standard InChI is InChI=1S/C15H21N3O3/c1-4-9-18(12(3)20)10-15(21)17-14-7-5-13(6-8-14)16-11(2)19/h5-8H,4,9-10H2,1-3H3,(H,16,19)(H,17,21). The van der Waals surface area contributed by atoms with E-state index >= 15 is 0 Å². The summed E-state index contributed by atoms with van der Waals surface area (Å²) < 4.78 is 0. The molecule has 0 fully saturated rings. The Balaban J connectivity index is 2.57. The Labute approximate surface area is 124 Å². The van der Waals surface area contributed by atoms with Crippen LogP contribution in [0.15, 0.2) is 24.3 Å². The van der Waals surface area contributed by atoms with E-state index in [1.807, 2.05) is 6.92 Å². The zero-order chi connectivity index (χ0) is 15.8. The quantitative estimate of drug-likeness (QED) is 0.839. The van der Waals surface area contributed by atoms with Crippen LogP contribution in [-0.2, 0) is 14.4 Å². The largest absolute Gasteiger partial charge is 0.334 e. The molecule has 0 aliphatic heterocycles. The summed E-state index contributed by atoms with van der Waals surface area (Å²) in [5, 5.41) is 5.37. The van der Waals surface area contributed by atoms with Gasteiger partial charge in [0.15, 0.2) is 0 Å². The Bertz CT molecular complexity index is 511. The first-order valence-corrected chi connectivity index (χ1v) is 6.85. The van der Waals surface area contributed by atoms with Crippen LogP contribution in [0.25, 0.3) is 0 Å². The molecule has 0 aromatic heterocycles. The van der Waals surface area contributed by atoms with Crippen LogP contribution in [0, 0.1) is 0 Å². The number of hydrogen-bond acceptors (Lipinski definition) is 3. The van der Waals surface area contributed by atoms with Crippen molar-refractivity contribution in [2.24, 2.45) is 0 Å². The van der Waals surface area contributed by atoms with Crippen molar-refractivity contribution in [3.63, 3.8) is 0 Å². The van der Waals surface area contributed by atoms with Crippen molar-refractivity contribution in [2.75, 3.05) is 23.7 Å². The number of nitrogens with one attached hydrogen (secondary N) is 2. The summed E-state index contributed by atoms with van der Waals surface area (Å²) >= 11 is 0.